The number of carbonyl (C=O) groups excluding carboxylic acids is 2. The van der Waals surface area contributed by atoms with E-state index in [4.69, 9.17) is 9.47 Å². The zero-order valence-corrected chi connectivity index (χ0v) is 10.5. The number of fused-ring (bicyclic) bond motifs is 2. The molecule has 2 bridgehead atoms. The summed E-state index contributed by atoms with van der Waals surface area (Å²) in [7, 11) is 0. The van der Waals surface area contributed by atoms with Gasteiger partial charge >= 0.3 is 11.9 Å². The molecule has 2 aliphatic rings. The predicted octanol–water partition coefficient (Wildman–Crippen LogP) is 2.06. The second-order valence-electron chi connectivity index (χ2n) is 4.93. The van der Waals surface area contributed by atoms with Crippen LogP contribution in [0.2, 0.25) is 0 Å². The number of hydrogen-bond donors (Lipinski definition) is 0. The molecule has 0 N–H and O–H groups in total. The van der Waals surface area contributed by atoms with Crippen molar-refractivity contribution in [2.75, 3.05) is 0 Å². The third-order valence-electron chi connectivity index (χ3n) is 3.90. The largest absolute Gasteiger partial charge is 0.462 e. The average Bonchev–Trinajstić information content (AvgIpc) is 2.85. The average molecular weight is 240 g/mol. The molecular formula is C13H20O4. The molecule has 0 aliphatic heterocycles. The molecule has 4 heteroatoms. The molecule has 0 amide bonds. The topological polar surface area (TPSA) is 52.6 Å². The molecule has 2 rings (SSSR count). The molecule has 96 valence electrons. The Morgan fingerprint density at radius 3 is 2.35 bits per heavy atom. The molecule has 0 aromatic heterocycles. The molecule has 17 heavy (non-hydrogen) atoms. The summed E-state index contributed by atoms with van der Waals surface area (Å²) < 4.78 is 10.9. The molecule has 0 aromatic rings. The summed E-state index contributed by atoms with van der Waals surface area (Å²) in [6, 6.07) is 0. The number of rotatable bonds is 4. The number of ether oxygens (including phenoxy) is 2. The lowest BCUT2D eigenvalue weighted by Gasteiger charge is -2.22. The van der Waals surface area contributed by atoms with E-state index in [2.05, 4.69) is 0 Å². The number of hydrogen-bond acceptors (Lipinski definition) is 4. The molecule has 2 saturated carbocycles. The molecule has 0 radical (unpaired) electrons. The second kappa shape index (κ2) is 5.07. The van der Waals surface area contributed by atoms with Gasteiger partial charge in [-0.2, -0.15) is 0 Å². The SMILES string of the molecule is CCC(=O)OC1CC2CCC1C2OC(=O)CC. The van der Waals surface area contributed by atoms with Crippen LogP contribution in [-0.4, -0.2) is 24.1 Å². The minimum Gasteiger partial charge on any atom is -0.462 e. The van der Waals surface area contributed by atoms with Crippen LogP contribution in [0.4, 0.5) is 0 Å². The number of esters is 2. The van der Waals surface area contributed by atoms with Crippen molar-refractivity contribution in [3.8, 4) is 0 Å². The lowest BCUT2D eigenvalue weighted by atomic mass is 9.98. The van der Waals surface area contributed by atoms with Gasteiger partial charge in [0.2, 0.25) is 0 Å². The summed E-state index contributed by atoms with van der Waals surface area (Å²) in [6.07, 6.45) is 3.73. The highest BCUT2D eigenvalue weighted by molar-refractivity contribution is 5.70. The zero-order valence-electron chi connectivity index (χ0n) is 10.5. The first-order valence-corrected chi connectivity index (χ1v) is 6.54. The minimum absolute atomic E-state index is 0.0166. The Morgan fingerprint density at radius 1 is 1.06 bits per heavy atom. The maximum atomic E-state index is 11.3. The van der Waals surface area contributed by atoms with Crippen LogP contribution in [0.25, 0.3) is 0 Å². The standard InChI is InChI=1S/C13H20O4/c1-3-11(14)16-10-7-8-5-6-9(10)13(8)17-12(15)4-2/h8-10,13H,3-7H2,1-2H3. The molecular weight excluding hydrogens is 220 g/mol. The maximum absolute atomic E-state index is 11.3. The van der Waals surface area contributed by atoms with Crippen LogP contribution in [0.5, 0.6) is 0 Å². The highest BCUT2D eigenvalue weighted by Gasteiger charge is 2.51. The summed E-state index contributed by atoms with van der Waals surface area (Å²) in [5, 5.41) is 0. The fourth-order valence-electron chi connectivity index (χ4n) is 3.01. The van der Waals surface area contributed by atoms with Gasteiger partial charge in [-0.15, -0.1) is 0 Å². The lowest BCUT2D eigenvalue weighted by Crippen LogP contribution is -2.28. The predicted molar refractivity (Wildman–Crippen MR) is 61.2 cm³/mol. The van der Waals surface area contributed by atoms with Crippen LogP contribution in [0.15, 0.2) is 0 Å². The first kappa shape index (κ1) is 12.4. The van der Waals surface area contributed by atoms with Crippen molar-refractivity contribution in [3.63, 3.8) is 0 Å². The molecule has 4 atom stereocenters. The van der Waals surface area contributed by atoms with Crippen LogP contribution >= 0.6 is 0 Å². The van der Waals surface area contributed by atoms with Crippen LogP contribution in [0.3, 0.4) is 0 Å². The van der Waals surface area contributed by atoms with E-state index in [1.54, 1.807) is 13.8 Å². The van der Waals surface area contributed by atoms with Gasteiger partial charge in [-0.05, 0) is 25.2 Å². The van der Waals surface area contributed by atoms with Crippen molar-refractivity contribution in [3.05, 3.63) is 0 Å². The van der Waals surface area contributed by atoms with Crippen LogP contribution in [0, 0.1) is 11.8 Å². The van der Waals surface area contributed by atoms with Gasteiger partial charge in [-0.25, -0.2) is 0 Å². The summed E-state index contributed by atoms with van der Waals surface area (Å²) in [5.74, 6) is 0.327. The van der Waals surface area contributed by atoms with Gasteiger partial charge in [-0.3, -0.25) is 9.59 Å². The normalized spacial score (nSPS) is 34.7. The van der Waals surface area contributed by atoms with Crippen molar-refractivity contribution < 1.29 is 19.1 Å². The van der Waals surface area contributed by atoms with E-state index >= 15 is 0 Å². The van der Waals surface area contributed by atoms with Crippen molar-refractivity contribution in [2.45, 2.75) is 58.2 Å². The molecule has 4 unspecified atom stereocenters. The zero-order chi connectivity index (χ0) is 12.4. The van der Waals surface area contributed by atoms with E-state index in [0.29, 0.717) is 18.8 Å². The molecule has 0 aromatic carbocycles. The highest BCUT2D eigenvalue weighted by Crippen LogP contribution is 2.48. The van der Waals surface area contributed by atoms with Crippen LogP contribution in [-0.2, 0) is 19.1 Å². The molecule has 0 saturated heterocycles. The van der Waals surface area contributed by atoms with E-state index < -0.39 is 0 Å². The summed E-state index contributed by atoms with van der Waals surface area (Å²) in [4.78, 5) is 22.6. The van der Waals surface area contributed by atoms with Gasteiger partial charge in [0.25, 0.3) is 0 Å². The van der Waals surface area contributed by atoms with Gasteiger partial charge < -0.3 is 9.47 Å². The summed E-state index contributed by atoms with van der Waals surface area (Å²) >= 11 is 0. The van der Waals surface area contributed by atoms with E-state index in [9.17, 15) is 9.59 Å². The quantitative estimate of drug-likeness (QED) is 0.706. The van der Waals surface area contributed by atoms with Crippen LogP contribution < -0.4 is 0 Å². The maximum Gasteiger partial charge on any atom is 0.305 e. The third-order valence-corrected chi connectivity index (χ3v) is 3.90. The van der Waals surface area contributed by atoms with E-state index in [1.807, 2.05) is 0 Å². The Labute approximate surface area is 102 Å². The van der Waals surface area contributed by atoms with E-state index in [-0.39, 0.29) is 30.1 Å². The number of carbonyl (C=O) groups is 2. The molecule has 2 fully saturated rings. The molecule has 4 nitrogen and oxygen atoms in total. The Bertz CT molecular complexity index is 313. The monoisotopic (exact) mass is 240 g/mol. The smallest absolute Gasteiger partial charge is 0.305 e. The van der Waals surface area contributed by atoms with E-state index in [1.165, 1.54) is 0 Å². The Hall–Kier alpha value is -1.06. The van der Waals surface area contributed by atoms with Crippen molar-refractivity contribution in [1.82, 2.24) is 0 Å². The lowest BCUT2D eigenvalue weighted by molar-refractivity contribution is -0.155. The van der Waals surface area contributed by atoms with E-state index in [0.717, 1.165) is 19.3 Å². The first-order valence-electron chi connectivity index (χ1n) is 6.54. The van der Waals surface area contributed by atoms with Gasteiger partial charge in [-0.1, -0.05) is 13.8 Å². The van der Waals surface area contributed by atoms with Gasteiger partial charge in [0.05, 0.1) is 0 Å². The third kappa shape index (κ3) is 2.45. The summed E-state index contributed by atoms with van der Waals surface area (Å²) in [5.41, 5.74) is 0. The van der Waals surface area contributed by atoms with Gasteiger partial charge in [0.15, 0.2) is 0 Å². The Morgan fingerprint density at radius 2 is 1.71 bits per heavy atom. The first-order chi connectivity index (χ1) is 8.15. The van der Waals surface area contributed by atoms with Crippen molar-refractivity contribution in [1.29, 1.82) is 0 Å². The van der Waals surface area contributed by atoms with Gasteiger partial charge in [0.1, 0.15) is 12.2 Å². The minimum atomic E-state index is -0.150. The van der Waals surface area contributed by atoms with Gasteiger partial charge in [0, 0.05) is 18.8 Å². The van der Waals surface area contributed by atoms with Crippen LogP contribution in [0.1, 0.15) is 46.0 Å². The molecule has 2 aliphatic carbocycles. The second-order valence-corrected chi connectivity index (χ2v) is 4.93. The van der Waals surface area contributed by atoms with Crippen molar-refractivity contribution >= 4 is 11.9 Å². The van der Waals surface area contributed by atoms with Crippen molar-refractivity contribution in [2.24, 2.45) is 11.8 Å². The molecule has 0 heterocycles. The molecule has 0 spiro atoms. The fourth-order valence-corrected chi connectivity index (χ4v) is 3.01. The Balaban J connectivity index is 1.94. The summed E-state index contributed by atoms with van der Waals surface area (Å²) in [6.45, 7) is 3.60. The fraction of sp³-hybridized carbons (Fsp3) is 0.846. The Kier molecular flexibility index (Phi) is 3.69. The highest BCUT2D eigenvalue weighted by atomic mass is 16.6.